The van der Waals surface area contributed by atoms with Crippen LogP contribution >= 0.6 is 0 Å². The summed E-state index contributed by atoms with van der Waals surface area (Å²) < 4.78 is 0. The van der Waals surface area contributed by atoms with E-state index in [0.717, 1.165) is 42.9 Å². The van der Waals surface area contributed by atoms with Crippen LogP contribution in [0.5, 0.6) is 0 Å². The SMILES string of the molecule is CCCC1CCN(C(=O)c2nc3ccc(N)cc3[nH]2)CC1. The lowest BCUT2D eigenvalue weighted by Crippen LogP contribution is -2.38. The highest BCUT2D eigenvalue weighted by molar-refractivity contribution is 5.94. The molecule has 1 saturated heterocycles. The van der Waals surface area contributed by atoms with Crippen molar-refractivity contribution in [3.05, 3.63) is 24.0 Å². The number of hydrogen-bond donors (Lipinski definition) is 2. The predicted molar refractivity (Wildman–Crippen MR) is 84.0 cm³/mol. The Balaban J connectivity index is 1.72. The molecule has 0 saturated carbocycles. The summed E-state index contributed by atoms with van der Waals surface area (Å²) >= 11 is 0. The number of nitrogens with one attached hydrogen (secondary N) is 1. The number of benzene rings is 1. The van der Waals surface area contributed by atoms with Gasteiger partial charge in [-0.15, -0.1) is 0 Å². The molecule has 21 heavy (non-hydrogen) atoms. The van der Waals surface area contributed by atoms with E-state index in [-0.39, 0.29) is 5.91 Å². The Morgan fingerprint density at radius 3 is 2.90 bits per heavy atom. The number of fused-ring (bicyclic) bond motifs is 1. The Bertz CT molecular complexity index is 641. The molecule has 0 aliphatic carbocycles. The Morgan fingerprint density at radius 1 is 1.43 bits per heavy atom. The van der Waals surface area contributed by atoms with Gasteiger partial charge in [0.15, 0.2) is 5.82 Å². The van der Waals surface area contributed by atoms with Crippen molar-refractivity contribution in [2.75, 3.05) is 18.8 Å². The molecule has 2 heterocycles. The summed E-state index contributed by atoms with van der Waals surface area (Å²) in [5.74, 6) is 1.19. The van der Waals surface area contributed by atoms with E-state index in [1.165, 1.54) is 12.8 Å². The fraction of sp³-hybridized carbons (Fsp3) is 0.500. The van der Waals surface area contributed by atoms with Gasteiger partial charge in [-0.3, -0.25) is 4.79 Å². The normalized spacial score (nSPS) is 16.5. The van der Waals surface area contributed by atoms with Gasteiger partial charge in [0.1, 0.15) is 0 Å². The maximum Gasteiger partial charge on any atom is 0.289 e. The zero-order valence-electron chi connectivity index (χ0n) is 12.4. The number of amides is 1. The molecule has 0 radical (unpaired) electrons. The summed E-state index contributed by atoms with van der Waals surface area (Å²) in [5, 5.41) is 0. The lowest BCUT2D eigenvalue weighted by molar-refractivity contribution is 0.0675. The maximum absolute atomic E-state index is 12.5. The Hall–Kier alpha value is -2.04. The number of aromatic nitrogens is 2. The van der Waals surface area contributed by atoms with Crippen LogP contribution in [0.1, 0.15) is 43.2 Å². The Kier molecular flexibility index (Phi) is 3.82. The first-order valence-corrected chi connectivity index (χ1v) is 7.72. The third-order valence-electron chi connectivity index (χ3n) is 4.31. The van der Waals surface area contributed by atoms with Gasteiger partial charge in [-0.05, 0) is 37.0 Å². The first-order valence-electron chi connectivity index (χ1n) is 7.72. The summed E-state index contributed by atoms with van der Waals surface area (Å²) in [5.41, 5.74) is 8.03. The summed E-state index contributed by atoms with van der Waals surface area (Å²) in [6, 6.07) is 5.45. The molecule has 1 aromatic carbocycles. The van der Waals surface area contributed by atoms with Crippen LogP contribution in [0.4, 0.5) is 5.69 Å². The molecule has 1 aliphatic heterocycles. The minimum absolute atomic E-state index is 0.000259. The van der Waals surface area contributed by atoms with E-state index in [1.807, 2.05) is 17.0 Å². The average Bonchev–Trinajstić information content (AvgIpc) is 2.90. The molecule has 0 spiro atoms. The number of hydrogen-bond acceptors (Lipinski definition) is 3. The number of aromatic amines is 1. The number of H-pyrrole nitrogens is 1. The van der Waals surface area contributed by atoms with E-state index in [9.17, 15) is 4.79 Å². The highest BCUT2D eigenvalue weighted by atomic mass is 16.2. The molecular weight excluding hydrogens is 264 g/mol. The molecule has 1 amide bonds. The number of nitrogens with zero attached hydrogens (tertiary/aromatic N) is 2. The van der Waals surface area contributed by atoms with Crippen LogP contribution in [0, 0.1) is 5.92 Å². The number of rotatable bonds is 3. The smallest absolute Gasteiger partial charge is 0.289 e. The first kappa shape index (κ1) is 13.9. The second-order valence-electron chi connectivity index (χ2n) is 5.89. The van der Waals surface area contributed by atoms with Gasteiger partial charge in [0.2, 0.25) is 0 Å². The summed E-state index contributed by atoms with van der Waals surface area (Å²) in [7, 11) is 0. The monoisotopic (exact) mass is 286 g/mol. The topological polar surface area (TPSA) is 75.0 Å². The molecule has 3 rings (SSSR count). The maximum atomic E-state index is 12.5. The van der Waals surface area contributed by atoms with Crippen molar-refractivity contribution >= 4 is 22.6 Å². The molecule has 5 heteroatoms. The summed E-state index contributed by atoms with van der Waals surface area (Å²) in [6.45, 7) is 3.89. The van der Waals surface area contributed by atoms with Gasteiger partial charge in [0.25, 0.3) is 5.91 Å². The van der Waals surface area contributed by atoms with E-state index in [4.69, 9.17) is 5.73 Å². The van der Waals surface area contributed by atoms with Crippen LogP contribution in [0.15, 0.2) is 18.2 Å². The van der Waals surface area contributed by atoms with Crippen molar-refractivity contribution in [3.63, 3.8) is 0 Å². The van der Waals surface area contributed by atoms with Gasteiger partial charge >= 0.3 is 0 Å². The van der Waals surface area contributed by atoms with Crippen molar-refractivity contribution in [1.82, 2.24) is 14.9 Å². The van der Waals surface area contributed by atoms with Crippen molar-refractivity contribution in [1.29, 1.82) is 0 Å². The zero-order chi connectivity index (χ0) is 14.8. The van der Waals surface area contributed by atoms with Crippen molar-refractivity contribution < 1.29 is 4.79 Å². The third-order valence-corrected chi connectivity index (χ3v) is 4.31. The fourth-order valence-corrected chi connectivity index (χ4v) is 3.11. The summed E-state index contributed by atoms with van der Waals surface area (Å²) in [4.78, 5) is 21.9. The molecule has 0 unspecified atom stereocenters. The average molecular weight is 286 g/mol. The highest BCUT2D eigenvalue weighted by Gasteiger charge is 2.25. The minimum atomic E-state index is -0.000259. The van der Waals surface area contributed by atoms with Crippen LogP contribution in [0.2, 0.25) is 0 Å². The van der Waals surface area contributed by atoms with E-state index < -0.39 is 0 Å². The number of anilines is 1. The van der Waals surface area contributed by atoms with Gasteiger partial charge in [0, 0.05) is 18.8 Å². The van der Waals surface area contributed by atoms with Gasteiger partial charge in [-0.2, -0.15) is 0 Å². The van der Waals surface area contributed by atoms with Gasteiger partial charge in [-0.25, -0.2) is 4.98 Å². The first-order chi connectivity index (χ1) is 10.2. The number of nitrogen functional groups attached to an aromatic ring is 1. The lowest BCUT2D eigenvalue weighted by Gasteiger charge is -2.31. The fourth-order valence-electron chi connectivity index (χ4n) is 3.11. The van der Waals surface area contributed by atoms with Gasteiger partial charge in [-0.1, -0.05) is 19.8 Å². The Morgan fingerprint density at radius 2 is 2.19 bits per heavy atom. The van der Waals surface area contributed by atoms with Gasteiger partial charge < -0.3 is 15.6 Å². The third kappa shape index (κ3) is 2.86. The van der Waals surface area contributed by atoms with Crippen molar-refractivity contribution in [3.8, 4) is 0 Å². The minimum Gasteiger partial charge on any atom is -0.399 e. The quantitative estimate of drug-likeness (QED) is 0.852. The molecule has 0 bridgehead atoms. The largest absolute Gasteiger partial charge is 0.399 e. The molecular formula is C16H22N4O. The Labute approximate surface area is 124 Å². The van der Waals surface area contributed by atoms with E-state index >= 15 is 0 Å². The molecule has 2 aromatic rings. The lowest BCUT2D eigenvalue weighted by atomic mass is 9.92. The van der Waals surface area contributed by atoms with Gasteiger partial charge in [0.05, 0.1) is 11.0 Å². The van der Waals surface area contributed by atoms with E-state index in [2.05, 4.69) is 16.9 Å². The number of likely N-dealkylation sites (tertiary alicyclic amines) is 1. The van der Waals surface area contributed by atoms with Crippen LogP contribution in [0.25, 0.3) is 11.0 Å². The molecule has 1 fully saturated rings. The molecule has 0 atom stereocenters. The molecule has 112 valence electrons. The van der Waals surface area contributed by atoms with Crippen molar-refractivity contribution in [2.45, 2.75) is 32.6 Å². The molecule has 1 aromatic heterocycles. The van der Waals surface area contributed by atoms with Crippen LogP contribution in [-0.2, 0) is 0 Å². The second-order valence-corrected chi connectivity index (χ2v) is 5.89. The number of carbonyl (C=O) groups excluding carboxylic acids is 1. The molecule has 5 nitrogen and oxygen atoms in total. The van der Waals surface area contributed by atoms with E-state index in [0.29, 0.717) is 11.5 Å². The number of imidazole rings is 1. The molecule has 1 aliphatic rings. The van der Waals surface area contributed by atoms with Crippen molar-refractivity contribution in [2.24, 2.45) is 5.92 Å². The predicted octanol–water partition coefficient (Wildman–Crippen LogP) is 2.80. The second kappa shape index (κ2) is 5.76. The van der Waals surface area contributed by atoms with E-state index in [1.54, 1.807) is 6.07 Å². The highest BCUT2D eigenvalue weighted by Crippen LogP contribution is 2.23. The number of nitrogens with two attached hydrogens (primary N) is 1. The molecule has 3 N–H and O–H groups in total. The zero-order valence-corrected chi connectivity index (χ0v) is 12.4. The number of piperidine rings is 1. The van der Waals surface area contributed by atoms with Crippen LogP contribution < -0.4 is 5.73 Å². The van der Waals surface area contributed by atoms with Crippen LogP contribution in [0.3, 0.4) is 0 Å². The standard InChI is InChI=1S/C16H22N4O/c1-2-3-11-6-8-20(9-7-11)16(21)15-18-13-5-4-12(17)10-14(13)19-15/h4-5,10-11H,2-3,6-9,17H2,1H3,(H,18,19). The number of carbonyl (C=O) groups is 1. The van der Waals surface area contributed by atoms with Crippen LogP contribution in [-0.4, -0.2) is 33.9 Å². The summed E-state index contributed by atoms with van der Waals surface area (Å²) in [6.07, 6.45) is 4.70.